The van der Waals surface area contributed by atoms with Crippen molar-refractivity contribution in [3.05, 3.63) is 65.2 Å². The van der Waals surface area contributed by atoms with Gasteiger partial charge in [0.2, 0.25) is 15.9 Å². The van der Waals surface area contributed by atoms with Gasteiger partial charge in [-0.2, -0.15) is 4.31 Å². The number of sulfonamides is 1. The van der Waals surface area contributed by atoms with Crippen LogP contribution in [0.3, 0.4) is 0 Å². The summed E-state index contributed by atoms with van der Waals surface area (Å²) in [6, 6.07) is 15.0. The van der Waals surface area contributed by atoms with E-state index >= 15 is 0 Å². The molecule has 6 nitrogen and oxygen atoms in total. The SMILES string of the molecule is COc1ccc(CC(=O)NCCN(Cc2cccc(C)c2)S(C)(=O)=O)cc1. The second-order valence-electron chi connectivity index (χ2n) is 6.46. The van der Waals surface area contributed by atoms with Crippen molar-refractivity contribution in [3.8, 4) is 5.75 Å². The summed E-state index contributed by atoms with van der Waals surface area (Å²) in [5.41, 5.74) is 2.87. The average molecular weight is 391 g/mol. The molecule has 2 rings (SSSR count). The standard InChI is InChI=1S/C20H26N2O4S/c1-16-5-4-6-18(13-16)15-22(27(3,24)25)12-11-21-20(23)14-17-7-9-19(26-2)10-8-17/h4-10,13H,11-12,14-15H2,1-3H3,(H,21,23). The van der Waals surface area contributed by atoms with E-state index < -0.39 is 10.0 Å². The molecule has 2 aromatic carbocycles. The van der Waals surface area contributed by atoms with Gasteiger partial charge < -0.3 is 10.1 Å². The normalized spacial score (nSPS) is 11.4. The Balaban J connectivity index is 1.88. The first-order chi connectivity index (χ1) is 12.8. The highest BCUT2D eigenvalue weighted by molar-refractivity contribution is 7.88. The molecule has 0 aliphatic heterocycles. The summed E-state index contributed by atoms with van der Waals surface area (Å²) in [4.78, 5) is 12.1. The van der Waals surface area contributed by atoms with E-state index in [2.05, 4.69) is 5.32 Å². The summed E-state index contributed by atoms with van der Waals surface area (Å²) in [6.45, 7) is 2.73. The van der Waals surface area contributed by atoms with Crippen molar-refractivity contribution in [2.75, 3.05) is 26.5 Å². The fourth-order valence-electron chi connectivity index (χ4n) is 2.69. The summed E-state index contributed by atoms with van der Waals surface area (Å²) in [5.74, 6) is 0.586. The molecular weight excluding hydrogens is 364 g/mol. The fraction of sp³-hybridized carbons (Fsp3) is 0.350. The zero-order chi connectivity index (χ0) is 19.9. The van der Waals surface area contributed by atoms with Crippen LogP contribution in [0.5, 0.6) is 5.75 Å². The maximum absolute atomic E-state index is 12.1. The molecule has 0 heterocycles. The Hall–Kier alpha value is -2.38. The third kappa shape index (κ3) is 7.03. The van der Waals surface area contributed by atoms with Gasteiger partial charge in [-0.1, -0.05) is 42.0 Å². The van der Waals surface area contributed by atoms with Gasteiger partial charge >= 0.3 is 0 Å². The zero-order valence-electron chi connectivity index (χ0n) is 15.9. The molecule has 0 aromatic heterocycles. The fourth-order valence-corrected chi connectivity index (χ4v) is 3.49. The molecule has 2 aromatic rings. The van der Waals surface area contributed by atoms with E-state index in [-0.39, 0.29) is 32.0 Å². The van der Waals surface area contributed by atoms with Crippen LogP contribution >= 0.6 is 0 Å². The Kier molecular flexibility index (Phi) is 7.38. The predicted molar refractivity (Wildman–Crippen MR) is 106 cm³/mol. The third-order valence-corrected chi connectivity index (χ3v) is 5.37. The highest BCUT2D eigenvalue weighted by Crippen LogP contribution is 2.12. The zero-order valence-corrected chi connectivity index (χ0v) is 16.8. The van der Waals surface area contributed by atoms with Crippen molar-refractivity contribution in [2.24, 2.45) is 0 Å². The molecule has 0 unspecified atom stereocenters. The maximum atomic E-state index is 12.1. The highest BCUT2D eigenvalue weighted by Gasteiger charge is 2.17. The van der Waals surface area contributed by atoms with E-state index in [1.54, 1.807) is 19.2 Å². The van der Waals surface area contributed by atoms with E-state index in [1.165, 1.54) is 10.6 Å². The molecule has 0 fully saturated rings. The minimum atomic E-state index is -3.37. The van der Waals surface area contributed by atoms with E-state index in [0.29, 0.717) is 0 Å². The molecule has 7 heteroatoms. The van der Waals surface area contributed by atoms with Crippen LogP contribution in [0.25, 0.3) is 0 Å². The van der Waals surface area contributed by atoms with Crippen LogP contribution in [0, 0.1) is 6.92 Å². The third-order valence-electron chi connectivity index (χ3n) is 4.12. The second kappa shape index (κ2) is 9.53. The Morgan fingerprint density at radius 2 is 1.81 bits per heavy atom. The molecule has 0 saturated carbocycles. The number of ether oxygens (including phenoxy) is 1. The van der Waals surface area contributed by atoms with Crippen molar-refractivity contribution in [2.45, 2.75) is 19.9 Å². The first-order valence-electron chi connectivity index (χ1n) is 8.68. The molecule has 0 radical (unpaired) electrons. The van der Waals surface area contributed by atoms with Gasteiger partial charge in [-0.15, -0.1) is 0 Å². The smallest absolute Gasteiger partial charge is 0.224 e. The average Bonchev–Trinajstić information content (AvgIpc) is 2.61. The number of hydrogen-bond acceptors (Lipinski definition) is 4. The van der Waals surface area contributed by atoms with Crippen molar-refractivity contribution in [3.63, 3.8) is 0 Å². The Morgan fingerprint density at radius 3 is 2.41 bits per heavy atom. The summed E-state index contributed by atoms with van der Waals surface area (Å²) in [7, 11) is -1.78. The van der Waals surface area contributed by atoms with Gasteiger partial charge in [0.15, 0.2) is 0 Å². The lowest BCUT2D eigenvalue weighted by Gasteiger charge is -2.20. The Bertz CT molecular complexity index is 864. The molecule has 1 N–H and O–H groups in total. The van der Waals surface area contributed by atoms with Crippen molar-refractivity contribution in [1.29, 1.82) is 0 Å². The van der Waals surface area contributed by atoms with Gasteiger partial charge in [0.1, 0.15) is 5.75 Å². The van der Waals surface area contributed by atoms with Crippen LogP contribution in [0.1, 0.15) is 16.7 Å². The van der Waals surface area contributed by atoms with E-state index in [1.807, 2.05) is 43.3 Å². The lowest BCUT2D eigenvalue weighted by Crippen LogP contribution is -2.38. The number of rotatable bonds is 9. The minimum absolute atomic E-state index is 0.149. The number of amides is 1. The topological polar surface area (TPSA) is 75.7 Å². The molecule has 27 heavy (non-hydrogen) atoms. The Labute approximate surface area is 161 Å². The number of aryl methyl sites for hydroxylation is 1. The van der Waals surface area contributed by atoms with Crippen molar-refractivity contribution in [1.82, 2.24) is 9.62 Å². The largest absolute Gasteiger partial charge is 0.497 e. The first-order valence-corrected chi connectivity index (χ1v) is 10.5. The Morgan fingerprint density at radius 1 is 1.11 bits per heavy atom. The molecule has 146 valence electrons. The van der Waals surface area contributed by atoms with Gasteiger partial charge in [-0.3, -0.25) is 4.79 Å². The lowest BCUT2D eigenvalue weighted by molar-refractivity contribution is -0.120. The van der Waals surface area contributed by atoms with Crippen LogP contribution in [0.4, 0.5) is 0 Å². The lowest BCUT2D eigenvalue weighted by atomic mass is 10.1. The number of carbonyl (C=O) groups is 1. The number of nitrogens with one attached hydrogen (secondary N) is 1. The summed E-state index contributed by atoms with van der Waals surface area (Å²) in [6.07, 6.45) is 1.42. The van der Waals surface area contributed by atoms with Gasteiger partial charge in [0.05, 0.1) is 19.8 Å². The van der Waals surface area contributed by atoms with E-state index in [4.69, 9.17) is 4.74 Å². The monoisotopic (exact) mass is 390 g/mol. The minimum Gasteiger partial charge on any atom is -0.497 e. The van der Waals surface area contributed by atoms with E-state index in [9.17, 15) is 13.2 Å². The molecule has 1 amide bonds. The molecule has 0 spiro atoms. The van der Waals surface area contributed by atoms with Gasteiger partial charge in [0, 0.05) is 19.6 Å². The molecule has 0 saturated heterocycles. The molecule has 0 bridgehead atoms. The highest BCUT2D eigenvalue weighted by atomic mass is 32.2. The summed E-state index contributed by atoms with van der Waals surface area (Å²) >= 11 is 0. The molecular formula is C20H26N2O4S. The summed E-state index contributed by atoms with van der Waals surface area (Å²) in [5, 5.41) is 2.78. The number of benzene rings is 2. The predicted octanol–water partition coefficient (Wildman–Crippen LogP) is 2.12. The van der Waals surface area contributed by atoms with Crippen LogP contribution in [0.2, 0.25) is 0 Å². The summed E-state index contributed by atoms with van der Waals surface area (Å²) < 4.78 is 30.6. The van der Waals surface area contributed by atoms with Gasteiger partial charge in [-0.25, -0.2) is 8.42 Å². The molecule has 0 atom stereocenters. The van der Waals surface area contributed by atoms with Crippen LogP contribution < -0.4 is 10.1 Å². The number of carbonyl (C=O) groups excluding carboxylic acids is 1. The van der Waals surface area contributed by atoms with Crippen LogP contribution in [-0.4, -0.2) is 45.1 Å². The number of nitrogens with zero attached hydrogens (tertiary/aromatic N) is 1. The molecule has 0 aliphatic carbocycles. The molecule has 0 aliphatic rings. The van der Waals surface area contributed by atoms with Gasteiger partial charge in [-0.05, 0) is 30.2 Å². The maximum Gasteiger partial charge on any atom is 0.224 e. The van der Waals surface area contributed by atoms with Crippen molar-refractivity contribution >= 4 is 15.9 Å². The van der Waals surface area contributed by atoms with Crippen LogP contribution in [0.15, 0.2) is 48.5 Å². The van der Waals surface area contributed by atoms with Crippen LogP contribution in [-0.2, 0) is 27.8 Å². The van der Waals surface area contributed by atoms with E-state index in [0.717, 1.165) is 22.4 Å². The number of hydrogen-bond donors (Lipinski definition) is 1. The quantitative estimate of drug-likeness (QED) is 0.712. The number of methoxy groups -OCH3 is 1. The van der Waals surface area contributed by atoms with Crippen molar-refractivity contribution < 1.29 is 17.9 Å². The first kappa shape index (κ1) is 20.9. The van der Waals surface area contributed by atoms with Gasteiger partial charge in [0.25, 0.3) is 0 Å². The second-order valence-corrected chi connectivity index (χ2v) is 8.44.